The Kier molecular flexibility index (Phi) is 4.25. The highest BCUT2D eigenvalue weighted by Gasteiger charge is 2.36. The second kappa shape index (κ2) is 5.50. The fraction of sp³-hybridized carbons (Fsp3) is 0.917. The predicted octanol–water partition coefficient (Wildman–Crippen LogP) is 2.19. The summed E-state index contributed by atoms with van der Waals surface area (Å²) in [7, 11) is 0. The van der Waals surface area contributed by atoms with Gasteiger partial charge in [-0.3, -0.25) is 4.79 Å². The van der Waals surface area contributed by atoms with E-state index in [9.17, 15) is 4.79 Å². The number of carbonyl (C=O) groups excluding carboxylic acids is 1. The minimum absolute atomic E-state index is 0.122. The monoisotopic (exact) mass is 289 g/mol. The van der Waals surface area contributed by atoms with E-state index in [2.05, 4.69) is 22.9 Å². The molecule has 2 saturated heterocycles. The van der Waals surface area contributed by atoms with Crippen LogP contribution in [0.5, 0.6) is 0 Å². The molecule has 0 radical (unpaired) electrons. The molecular weight excluding hydrogens is 270 g/mol. The minimum atomic E-state index is 0.122. The van der Waals surface area contributed by atoms with Gasteiger partial charge in [0.15, 0.2) is 0 Å². The van der Waals surface area contributed by atoms with Crippen molar-refractivity contribution in [1.29, 1.82) is 0 Å². The van der Waals surface area contributed by atoms with Crippen molar-refractivity contribution in [3.8, 4) is 0 Å². The molecule has 2 fully saturated rings. The fourth-order valence-corrected chi connectivity index (χ4v) is 3.05. The number of carbonyl (C=O) groups is 1. The Morgan fingerprint density at radius 1 is 1.38 bits per heavy atom. The molecule has 2 aliphatic rings. The summed E-state index contributed by atoms with van der Waals surface area (Å²) in [5.74, 6) is 0.445. The van der Waals surface area contributed by atoms with Gasteiger partial charge < -0.3 is 9.64 Å². The summed E-state index contributed by atoms with van der Waals surface area (Å²) >= 11 is 3.61. The summed E-state index contributed by atoms with van der Waals surface area (Å²) < 4.78 is 5.59. The minimum Gasteiger partial charge on any atom is -0.377 e. The Balaban J connectivity index is 1.91. The lowest BCUT2D eigenvalue weighted by atomic mass is 9.97. The molecule has 3 nitrogen and oxygen atoms in total. The lowest BCUT2D eigenvalue weighted by Crippen LogP contribution is -2.43. The van der Waals surface area contributed by atoms with E-state index in [0.29, 0.717) is 10.7 Å². The van der Waals surface area contributed by atoms with Crippen LogP contribution in [0.4, 0.5) is 0 Å². The molecule has 4 heteroatoms. The number of rotatable bonds is 2. The van der Waals surface area contributed by atoms with Crippen LogP contribution in [0, 0.1) is 5.92 Å². The number of alkyl halides is 1. The smallest absolute Gasteiger partial charge is 0.228 e. The van der Waals surface area contributed by atoms with Crippen LogP contribution < -0.4 is 0 Å². The van der Waals surface area contributed by atoms with Crippen molar-refractivity contribution in [2.45, 2.75) is 43.5 Å². The van der Waals surface area contributed by atoms with Gasteiger partial charge in [-0.2, -0.15) is 0 Å². The maximum Gasteiger partial charge on any atom is 0.228 e. The number of likely N-dealkylation sites (tertiary alicyclic amines) is 1. The van der Waals surface area contributed by atoms with Gasteiger partial charge in [-0.05, 0) is 25.7 Å². The highest BCUT2D eigenvalue weighted by Crippen LogP contribution is 2.27. The van der Waals surface area contributed by atoms with E-state index in [4.69, 9.17) is 4.74 Å². The van der Waals surface area contributed by atoms with E-state index >= 15 is 0 Å². The molecule has 0 bridgehead atoms. The van der Waals surface area contributed by atoms with Crippen LogP contribution in [0.1, 0.15) is 32.6 Å². The molecule has 16 heavy (non-hydrogen) atoms. The van der Waals surface area contributed by atoms with Gasteiger partial charge in [0.05, 0.1) is 12.0 Å². The third-order valence-corrected chi connectivity index (χ3v) is 4.58. The van der Waals surface area contributed by atoms with Crippen molar-refractivity contribution >= 4 is 21.8 Å². The first-order chi connectivity index (χ1) is 7.72. The molecule has 2 aliphatic heterocycles. The molecule has 0 spiro atoms. The third-order valence-electron chi connectivity index (χ3n) is 3.67. The molecular formula is C12H20BrNO2. The number of halogens is 1. The van der Waals surface area contributed by atoms with Crippen LogP contribution in [0.2, 0.25) is 0 Å². The maximum atomic E-state index is 12.3. The number of nitrogens with zero attached hydrogens (tertiary/aromatic N) is 1. The van der Waals surface area contributed by atoms with E-state index in [1.165, 1.54) is 0 Å². The lowest BCUT2D eigenvalue weighted by molar-refractivity contribution is -0.138. The Bertz CT molecular complexity index is 251. The molecule has 0 saturated carbocycles. The van der Waals surface area contributed by atoms with E-state index in [0.717, 1.165) is 45.4 Å². The Morgan fingerprint density at radius 2 is 2.06 bits per heavy atom. The third kappa shape index (κ3) is 2.59. The van der Waals surface area contributed by atoms with Crippen molar-refractivity contribution in [3.63, 3.8) is 0 Å². The molecule has 1 amide bonds. The highest BCUT2D eigenvalue weighted by atomic mass is 79.9. The Morgan fingerprint density at radius 3 is 2.69 bits per heavy atom. The van der Waals surface area contributed by atoms with Crippen LogP contribution in [-0.2, 0) is 9.53 Å². The number of ether oxygens (including phenoxy) is 1. The summed E-state index contributed by atoms with van der Waals surface area (Å²) in [6.45, 7) is 4.66. The molecule has 2 rings (SSSR count). The van der Waals surface area contributed by atoms with Crippen LogP contribution in [0.15, 0.2) is 0 Å². The van der Waals surface area contributed by atoms with E-state index < -0.39 is 0 Å². The predicted molar refractivity (Wildman–Crippen MR) is 66.7 cm³/mol. The molecule has 0 aromatic heterocycles. The lowest BCUT2D eigenvalue weighted by Gasteiger charge is -2.32. The van der Waals surface area contributed by atoms with E-state index in [1.54, 1.807) is 0 Å². The fourth-order valence-electron chi connectivity index (χ4n) is 2.64. The standard InChI is InChI=1S/C12H20BrNO2/c1-2-11-10(5-8-16-11)12(15)14-6-3-9(13)4-7-14/h9-11H,2-8H2,1H3. The highest BCUT2D eigenvalue weighted by molar-refractivity contribution is 9.09. The topological polar surface area (TPSA) is 29.5 Å². The van der Waals surface area contributed by atoms with Crippen molar-refractivity contribution in [2.24, 2.45) is 5.92 Å². The number of hydrogen-bond donors (Lipinski definition) is 0. The van der Waals surface area contributed by atoms with Gasteiger partial charge in [0.1, 0.15) is 0 Å². The summed E-state index contributed by atoms with van der Waals surface area (Å²) in [5.41, 5.74) is 0. The van der Waals surface area contributed by atoms with E-state index in [1.807, 2.05) is 4.90 Å². The van der Waals surface area contributed by atoms with Crippen LogP contribution in [-0.4, -0.2) is 41.4 Å². The maximum absolute atomic E-state index is 12.3. The summed E-state index contributed by atoms with van der Waals surface area (Å²) in [6, 6.07) is 0. The van der Waals surface area contributed by atoms with Crippen molar-refractivity contribution in [1.82, 2.24) is 4.90 Å². The van der Waals surface area contributed by atoms with Crippen LogP contribution >= 0.6 is 15.9 Å². The van der Waals surface area contributed by atoms with Crippen LogP contribution in [0.3, 0.4) is 0 Å². The van der Waals surface area contributed by atoms with Crippen LogP contribution in [0.25, 0.3) is 0 Å². The summed E-state index contributed by atoms with van der Waals surface area (Å²) in [5, 5.41) is 0. The van der Waals surface area contributed by atoms with Crippen molar-refractivity contribution in [3.05, 3.63) is 0 Å². The summed E-state index contributed by atoms with van der Waals surface area (Å²) in [4.78, 5) is 14.9. The zero-order valence-electron chi connectivity index (χ0n) is 9.82. The largest absolute Gasteiger partial charge is 0.377 e. The van der Waals surface area contributed by atoms with E-state index in [-0.39, 0.29) is 12.0 Å². The van der Waals surface area contributed by atoms with Gasteiger partial charge in [-0.25, -0.2) is 0 Å². The molecule has 2 heterocycles. The zero-order chi connectivity index (χ0) is 11.5. The first kappa shape index (κ1) is 12.4. The molecule has 2 atom stereocenters. The first-order valence-corrected chi connectivity index (χ1v) is 7.18. The van der Waals surface area contributed by atoms with Gasteiger partial charge >= 0.3 is 0 Å². The molecule has 92 valence electrons. The van der Waals surface area contributed by atoms with Gasteiger partial charge in [0, 0.05) is 24.5 Å². The SMILES string of the molecule is CCC1OCCC1C(=O)N1CCC(Br)CC1. The van der Waals surface area contributed by atoms with Crippen molar-refractivity contribution in [2.75, 3.05) is 19.7 Å². The molecule has 2 unspecified atom stereocenters. The summed E-state index contributed by atoms with van der Waals surface area (Å²) in [6.07, 6.45) is 4.18. The molecule has 0 aromatic rings. The second-order valence-electron chi connectivity index (χ2n) is 4.71. The number of amides is 1. The van der Waals surface area contributed by atoms with Gasteiger partial charge in [0.2, 0.25) is 5.91 Å². The molecule has 0 N–H and O–H groups in total. The van der Waals surface area contributed by atoms with Gasteiger partial charge in [-0.1, -0.05) is 22.9 Å². The average molecular weight is 290 g/mol. The van der Waals surface area contributed by atoms with Gasteiger partial charge in [0.25, 0.3) is 0 Å². The average Bonchev–Trinajstić information content (AvgIpc) is 2.77. The Labute approximate surface area is 106 Å². The number of piperidine rings is 1. The van der Waals surface area contributed by atoms with Crippen molar-refractivity contribution < 1.29 is 9.53 Å². The second-order valence-corrected chi connectivity index (χ2v) is 6.01. The zero-order valence-corrected chi connectivity index (χ0v) is 11.4. The first-order valence-electron chi connectivity index (χ1n) is 6.26. The molecule has 0 aliphatic carbocycles. The normalized spacial score (nSPS) is 32.0. The quantitative estimate of drug-likeness (QED) is 0.730. The molecule has 0 aromatic carbocycles. The van der Waals surface area contributed by atoms with Gasteiger partial charge in [-0.15, -0.1) is 0 Å². The Hall–Kier alpha value is -0.0900. The number of hydrogen-bond acceptors (Lipinski definition) is 2.